The summed E-state index contributed by atoms with van der Waals surface area (Å²) in [5.41, 5.74) is 0.933. The molecular weight excluding hydrogens is 306 g/mol. The summed E-state index contributed by atoms with van der Waals surface area (Å²) in [4.78, 5) is 2.62. The lowest BCUT2D eigenvalue weighted by Gasteiger charge is -2.25. The van der Waals surface area contributed by atoms with Crippen LogP contribution in [0, 0.1) is 0 Å². The second-order valence-electron chi connectivity index (χ2n) is 4.91. The van der Waals surface area contributed by atoms with Crippen molar-refractivity contribution in [3.8, 4) is 0 Å². The zero-order valence-corrected chi connectivity index (χ0v) is 14.0. The van der Waals surface area contributed by atoms with Gasteiger partial charge >= 0.3 is 0 Å². The summed E-state index contributed by atoms with van der Waals surface area (Å²) >= 11 is 1.95. The molecule has 0 saturated carbocycles. The number of hydrogen-bond acceptors (Lipinski definition) is 5. The van der Waals surface area contributed by atoms with Crippen molar-refractivity contribution in [1.82, 2.24) is 9.62 Å². The molecule has 0 aliphatic carbocycles. The van der Waals surface area contributed by atoms with Crippen molar-refractivity contribution in [2.24, 2.45) is 0 Å². The van der Waals surface area contributed by atoms with Crippen LogP contribution in [0.1, 0.15) is 6.92 Å². The van der Waals surface area contributed by atoms with Crippen LogP contribution in [0.2, 0.25) is 0 Å². The third kappa shape index (κ3) is 5.18. The van der Waals surface area contributed by atoms with E-state index in [0.717, 1.165) is 43.4 Å². The van der Waals surface area contributed by atoms with E-state index in [2.05, 4.69) is 14.9 Å². The van der Waals surface area contributed by atoms with Crippen molar-refractivity contribution >= 4 is 27.5 Å². The van der Waals surface area contributed by atoms with Gasteiger partial charge in [-0.3, -0.25) is 0 Å². The molecule has 21 heavy (non-hydrogen) atoms. The average molecular weight is 329 g/mol. The second-order valence-corrected chi connectivity index (χ2v) is 7.90. The first-order chi connectivity index (χ1) is 10.1. The maximum Gasteiger partial charge on any atom is 0.240 e. The average Bonchev–Trinajstić information content (AvgIpc) is 2.49. The van der Waals surface area contributed by atoms with E-state index in [4.69, 9.17) is 0 Å². The number of rotatable bonds is 7. The highest BCUT2D eigenvalue weighted by atomic mass is 32.2. The molecule has 0 aromatic heterocycles. The highest BCUT2D eigenvalue weighted by Crippen LogP contribution is 2.14. The molecule has 1 saturated heterocycles. The summed E-state index contributed by atoms with van der Waals surface area (Å²) in [7, 11) is -3.40. The number of sulfonamides is 1. The molecule has 1 aromatic rings. The van der Waals surface area contributed by atoms with Crippen LogP contribution in [-0.4, -0.2) is 57.5 Å². The van der Waals surface area contributed by atoms with Crippen LogP contribution in [-0.2, 0) is 10.0 Å². The quantitative estimate of drug-likeness (QED) is 0.793. The third-order valence-electron chi connectivity index (χ3n) is 3.37. The Morgan fingerprint density at radius 3 is 2.48 bits per heavy atom. The Morgan fingerprint density at radius 1 is 1.19 bits per heavy atom. The van der Waals surface area contributed by atoms with E-state index >= 15 is 0 Å². The van der Waals surface area contributed by atoms with E-state index in [1.807, 2.05) is 18.7 Å². The Kier molecular flexibility index (Phi) is 6.35. The van der Waals surface area contributed by atoms with E-state index in [9.17, 15) is 8.42 Å². The van der Waals surface area contributed by atoms with Crippen molar-refractivity contribution in [1.29, 1.82) is 0 Å². The largest absolute Gasteiger partial charge is 0.385 e. The number of hydrogen-bond donors (Lipinski definition) is 2. The second kappa shape index (κ2) is 8.03. The molecule has 0 unspecified atom stereocenters. The van der Waals surface area contributed by atoms with E-state index in [1.54, 1.807) is 24.3 Å². The number of anilines is 1. The van der Waals surface area contributed by atoms with Gasteiger partial charge in [-0.25, -0.2) is 13.1 Å². The highest BCUT2D eigenvalue weighted by molar-refractivity contribution is 7.99. The van der Waals surface area contributed by atoms with E-state index in [1.165, 1.54) is 0 Å². The fourth-order valence-corrected chi connectivity index (χ4v) is 4.20. The van der Waals surface area contributed by atoms with Crippen LogP contribution in [0.3, 0.4) is 0 Å². The molecule has 0 radical (unpaired) electrons. The van der Waals surface area contributed by atoms with Crippen LogP contribution in [0.4, 0.5) is 5.69 Å². The molecule has 1 aromatic carbocycles. The lowest BCUT2D eigenvalue weighted by Crippen LogP contribution is -2.39. The van der Waals surface area contributed by atoms with Gasteiger partial charge in [-0.15, -0.1) is 0 Å². The fourth-order valence-electron chi connectivity index (χ4n) is 2.20. The van der Waals surface area contributed by atoms with Crippen molar-refractivity contribution in [3.05, 3.63) is 24.3 Å². The zero-order chi connectivity index (χ0) is 15.1. The molecule has 0 amide bonds. The van der Waals surface area contributed by atoms with Crippen LogP contribution < -0.4 is 10.0 Å². The highest BCUT2D eigenvalue weighted by Gasteiger charge is 2.15. The number of thioether (sulfide) groups is 1. The molecule has 1 aliphatic rings. The van der Waals surface area contributed by atoms with Crippen LogP contribution in [0.25, 0.3) is 0 Å². The molecule has 1 aliphatic heterocycles. The number of nitrogens with one attached hydrogen (secondary N) is 2. The molecule has 5 nitrogen and oxygen atoms in total. The van der Waals surface area contributed by atoms with Gasteiger partial charge in [0.25, 0.3) is 0 Å². The molecule has 1 heterocycles. The van der Waals surface area contributed by atoms with E-state index in [-0.39, 0.29) is 0 Å². The van der Waals surface area contributed by atoms with Gasteiger partial charge in [0.15, 0.2) is 0 Å². The molecule has 0 bridgehead atoms. The molecule has 0 spiro atoms. The van der Waals surface area contributed by atoms with Gasteiger partial charge in [0.1, 0.15) is 0 Å². The number of benzene rings is 1. The molecule has 0 atom stereocenters. The minimum Gasteiger partial charge on any atom is -0.385 e. The first-order valence-corrected chi connectivity index (χ1v) is 9.89. The van der Waals surface area contributed by atoms with Gasteiger partial charge in [0.2, 0.25) is 10.0 Å². The lowest BCUT2D eigenvalue weighted by atomic mass is 10.3. The standard InChI is InChI=1S/C14H23N3O2S2/c1-2-15-13-3-5-14(6-4-13)21(18,19)16-7-8-17-9-11-20-12-10-17/h3-6,15-16H,2,7-12H2,1H3. The summed E-state index contributed by atoms with van der Waals surface area (Å²) in [6.07, 6.45) is 0. The van der Waals surface area contributed by atoms with Gasteiger partial charge in [0, 0.05) is 49.9 Å². The number of nitrogens with zero attached hydrogens (tertiary/aromatic N) is 1. The van der Waals surface area contributed by atoms with Crippen LogP contribution in [0.5, 0.6) is 0 Å². The van der Waals surface area contributed by atoms with Gasteiger partial charge in [0.05, 0.1) is 4.90 Å². The first kappa shape index (κ1) is 16.6. The first-order valence-electron chi connectivity index (χ1n) is 7.25. The Balaban J connectivity index is 1.85. The van der Waals surface area contributed by atoms with Crippen molar-refractivity contribution < 1.29 is 8.42 Å². The summed E-state index contributed by atoms with van der Waals surface area (Å²) in [6.45, 7) is 6.15. The van der Waals surface area contributed by atoms with E-state index in [0.29, 0.717) is 11.4 Å². The molecule has 7 heteroatoms. The molecule has 2 rings (SSSR count). The maximum absolute atomic E-state index is 12.2. The molecular formula is C14H23N3O2S2. The zero-order valence-electron chi connectivity index (χ0n) is 12.3. The monoisotopic (exact) mass is 329 g/mol. The Bertz CT molecular complexity index is 526. The molecule has 1 fully saturated rings. The van der Waals surface area contributed by atoms with Gasteiger partial charge in [-0.1, -0.05) is 0 Å². The molecule has 118 valence electrons. The maximum atomic E-state index is 12.2. The van der Waals surface area contributed by atoms with Crippen LogP contribution in [0.15, 0.2) is 29.2 Å². The Morgan fingerprint density at radius 2 is 1.86 bits per heavy atom. The van der Waals surface area contributed by atoms with Crippen LogP contribution >= 0.6 is 11.8 Å². The van der Waals surface area contributed by atoms with Crippen molar-refractivity contribution in [2.75, 3.05) is 49.5 Å². The SMILES string of the molecule is CCNc1ccc(S(=O)(=O)NCCN2CCSCC2)cc1. The minimum absolute atomic E-state index is 0.318. The van der Waals surface area contributed by atoms with Crippen molar-refractivity contribution in [3.63, 3.8) is 0 Å². The van der Waals surface area contributed by atoms with E-state index < -0.39 is 10.0 Å². The van der Waals surface area contributed by atoms with Gasteiger partial charge < -0.3 is 10.2 Å². The molecule has 2 N–H and O–H groups in total. The van der Waals surface area contributed by atoms with Gasteiger partial charge in [-0.2, -0.15) is 11.8 Å². The Labute approximate surface area is 131 Å². The minimum atomic E-state index is -3.40. The predicted molar refractivity (Wildman–Crippen MR) is 89.6 cm³/mol. The fraction of sp³-hybridized carbons (Fsp3) is 0.571. The van der Waals surface area contributed by atoms with Gasteiger partial charge in [-0.05, 0) is 31.2 Å². The van der Waals surface area contributed by atoms with Crippen molar-refractivity contribution in [2.45, 2.75) is 11.8 Å². The summed E-state index contributed by atoms with van der Waals surface area (Å²) < 4.78 is 27.1. The predicted octanol–water partition coefficient (Wildman–Crippen LogP) is 1.45. The smallest absolute Gasteiger partial charge is 0.240 e. The third-order valence-corrected chi connectivity index (χ3v) is 5.79. The topological polar surface area (TPSA) is 61.4 Å². The summed E-state index contributed by atoms with van der Waals surface area (Å²) in [5.74, 6) is 2.28. The Hall–Kier alpha value is -0.760. The summed E-state index contributed by atoms with van der Waals surface area (Å²) in [6, 6.07) is 6.86. The normalized spacial score (nSPS) is 16.8. The lowest BCUT2D eigenvalue weighted by molar-refractivity contribution is 0.307. The summed E-state index contributed by atoms with van der Waals surface area (Å²) in [5, 5.41) is 3.15.